The minimum atomic E-state index is -1.17. The summed E-state index contributed by atoms with van der Waals surface area (Å²) in [6, 6.07) is 5.65. The van der Waals surface area contributed by atoms with Gasteiger partial charge >= 0.3 is 5.97 Å². The van der Waals surface area contributed by atoms with Crippen molar-refractivity contribution in [3.8, 4) is 0 Å². The second-order valence-corrected chi connectivity index (χ2v) is 5.46. The molecule has 1 N–H and O–H groups in total. The molecule has 5 heteroatoms. The molecule has 0 fully saturated rings. The molecule has 1 aliphatic rings. The molecule has 0 saturated heterocycles. The van der Waals surface area contributed by atoms with Crippen LogP contribution in [0.3, 0.4) is 0 Å². The van der Waals surface area contributed by atoms with Crippen LogP contribution in [-0.2, 0) is 0 Å². The zero-order valence-electron chi connectivity index (χ0n) is 9.71. The van der Waals surface area contributed by atoms with Gasteiger partial charge in [-0.3, -0.25) is 4.79 Å². The van der Waals surface area contributed by atoms with E-state index in [1.807, 2.05) is 17.6 Å². The number of hydrogen-bond acceptors (Lipinski definition) is 3. The molecule has 0 bridgehead atoms. The van der Waals surface area contributed by atoms with E-state index >= 15 is 0 Å². The fraction of sp³-hybridized carbons (Fsp3) is 0.231. The van der Waals surface area contributed by atoms with Crippen LogP contribution in [0.1, 0.15) is 23.3 Å². The molecular weight excluding hydrogens is 250 g/mol. The first-order valence-electron chi connectivity index (χ1n) is 5.63. The SMILES string of the molecule is CC1CSc2cccc3c(=O)c(C(=O)O)cn1c23. The van der Waals surface area contributed by atoms with Crippen molar-refractivity contribution in [1.29, 1.82) is 0 Å². The first-order chi connectivity index (χ1) is 8.59. The third-order valence-electron chi connectivity index (χ3n) is 3.20. The van der Waals surface area contributed by atoms with E-state index in [1.54, 1.807) is 23.9 Å². The van der Waals surface area contributed by atoms with Gasteiger partial charge in [0.1, 0.15) is 5.56 Å². The monoisotopic (exact) mass is 261 g/mol. The number of para-hydroxylation sites is 1. The number of aromatic nitrogens is 1. The van der Waals surface area contributed by atoms with Gasteiger partial charge in [-0.15, -0.1) is 11.8 Å². The Bertz CT molecular complexity index is 720. The molecule has 0 radical (unpaired) electrons. The van der Waals surface area contributed by atoms with Gasteiger partial charge in [-0.25, -0.2) is 4.79 Å². The fourth-order valence-electron chi connectivity index (χ4n) is 2.29. The first-order valence-corrected chi connectivity index (χ1v) is 6.62. The third-order valence-corrected chi connectivity index (χ3v) is 4.49. The van der Waals surface area contributed by atoms with Crippen molar-refractivity contribution in [3.63, 3.8) is 0 Å². The maximum Gasteiger partial charge on any atom is 0.341 e. The lowest BCUT2D eigenvalue weighted by Crippen LogP contribution is -2.23. The van der Waals surface area contributed by atoms with Gasteiger partial charge < -0.3 is 9.67 Å². The molecule has 0 aliphatic carbocycles. The molecule has 0 amide bonds. The summed E-state index contributed by atoms with van der Waals surface area (Å²) in [6.45, 7) is 2.03. The van der Waals surface area contributed by atoms with Crippen LogP contribution in [0.15, 0.2) is 34.1 Å². The number of carboxylic acid groups (broad SMARTS) is 1. The van der Waals surface area contributed by atoms with Crippen molar-refractivity contribution in [1.82, 2.24) is 4.57 Å². The predicted molar refractivity (Wildman–Crippen MR) is 70.6 cm³/mol. The molecule has 0 saturated carbocycles. The van der Waals surface area contributed by atoms with Crippen LogP contribution in [0.2, 0.25) is 0 Å². The average molecular weight is 261 g/mol. The van der Waals surface area contributed by atoms with Gasteiger partial charge in [0, 0.05) is 28.3 Å². The first kappa shape index (κ1) is 11.3. The van der Waals surface area contributed by atoms with Crippen LogP contribution < -0.4 is 5.43 Å². The molecule has 4 nitrogen and oxygen atoms in total. The second kappa shape index (κ2) is 3.88. The number of thioether (sulfide) groups is 1. The van der Waals surface area contributed by atoms with Gasteiger partial charge in [-0.05, 0) is 19.1 Å². The van der Waals surface area contributed by atoms with Gasteiger partial charge in [0.25, 0.3) is 0 Å². The molecule has 1 aromatic carbocycles. The highest BCUT2D eigenvalue weighted by Gasteiger charge is 2.22. The number of hydrogen-bond donors (Lipinski definition) is 1. The quantitative estimate of drug-likeness (QED) is 0.856. The fourth-order valence-corrected chi connectivity index (χ4v) is 3.39. The van der Waals surface area contributed by atoms with E-state index in [4.69, 9.17) is 5.11 Å². The van der Waals surface area contributed by atoms with Crippen LogP contribution in [0.25, 0.3) is 10.9 Å². The Kier molecular flexibility index (Phi) is 2.45. The smallest absolute Gasteiger partial charge is 0.341 e. The Morgan fingerprint density at radius 3 is 3.00 bits per heavy atom. The van der Waals surface area contributed by atoms with E-state index in [0.717, 1.165) is 16.2 Å². The molecule has 3 rings (SSSR count). The molecule has 18 heavy (non-hydrogen) atoms. The minimum absolute atomic E-state index is 0.154. The Balaban J connectivity index is 2.52. The highest BCUT2D eigenvalue weighted by Crippen LogP contribution is 2.35. The summed E-state index contributed by atoms with van der Waals surface area (Å²) in [5.74, 6) is -0.282. The van der Waals surface area contributed by atoms with Gasteiger partial charge in [-0.1, -0.05) is 6.07 Å². The maximum absolute atomic E-state index is 12.1. The van der Waals surface area contributed by atoms with Crippen LogP contribution in [0, 0.1) is 0 Å². The summed E-state index contributed by atoms with van der Waals surface area (Å²) in [5, 5.41) is 9.59. The number of carboxylic acids is 1. The van der Waals surface area contributed by atoms with Crippen LogP contribution in [-0.4, -0.2) is 21.4 Å². The highest BCUT2D eigenvalue weighted by atomic mass is 32.2. The number of benzene rings is 1. The third kappa shape index (κ3) is 1.47. The topological polar surface area (TPSA) is 59.3 Å². The zero-order valence-corrected chi connectivity index (χ0v) is 10.5. The summed E-state index contributed by atoms with van der Waals surface area (Å²) in [7, 11) is 0. The predicted octanol–water partition coefficient (Wildman–Crippen LogP) is 2.37. The van der Waals surface area contributed by atoms with Crippen molar-refractivity contribution >= 4 is 28.6 Å². The molecule has 1 aliphatic heterocycles. The summed E-state index contributed by atoms with van der Waals surface area (Å²) < 4.78 is 1.91. The number of pyridine rings is 1. The number of nitrogens with zero attached hydrogens (tertiary/aromatic N) is 1. The molecule has 1 unspecified atom stereocenters. The Morgan fingerprint density at radius 1 is 1.50 bits per heavy atom. The van der Waals surface area contributed by atoms with Crippen molar-refractivity contribution in [2.45, 2.75) is 17.9 Å². The molecule has 1 aromatic heterocycles. The summed E-state index contributed by atoms with van der Waals surface area (Å²) in [5.41, 5.74) is 0.306. The maximum atomic E-state index is 12.1. The second-order valence-electron chi connectivity index (χ2n) is 4.40. The largest absolute Gasteiger partial charge is 0.477 e. The lowest BCUT2D eigenvalue weighted by Gasteiger charge is -2.25. The van der Waals surface area contributed by atoms with Crippen LogP contribution in [0.4, 0.5) is 0 Å². The van der Waals surface area contributed by atoms with Crippen LogP contribution in [0.5, 0.6) is 0 Å². The van der Waals surface area contributed by atoms with E-state index in [9.17, 15) is 9.59 Å². The lowest BCUT2D eigenvalue weighted by molar-refractivity contribution is 0.0694. The number of carbonyl (C=O) groups is 1. The van der Waals surface area contributed by atoms with E-state index in [1.165, 1.54) is 6.20 Å². The van der Waals surface area contributed by atoms with Crippen molar-refractivity contribution in [3.05, 3.63) is 40.2 Å². The Hall–Kier alpha value is -1.75. The standard InChI is InChI=1S/C13H11NO3S/c1-7-6-18-10-4-2-3-8-11(10)14(7)5-9(12(8)15)13(16)17/h2-5,7H,6H2,1H3,(H,16,17). The van der Waals surface area contributed by atoms with Gasteiger partial charge in [0.05, 0.1) is 5.52 Å². The van der Waals surface area contributed by atoms with E-state index in [0.29, 0.717) is 5.39 Å². The molecule has 2 aromatic rings. The average Bonchev–Trinajstić information content (AvgIpc) is 2.35. The lowest BCUT2D eigenvalue weighted by atomic mass is 10.1. The normalized spacial score (nSPS) is 17.9. The summed E-state index contributed by atoms with van der Waals surface area (Å²) >= 11 is 1.71. The van der Waals surface area contributed by atoms with Crippen LogP contribution >= 0.6 is 11.8 Å². The minimum Gasteiger partial charge on any atom is -0.477 e. The molecule has 92 valence electrons. The van der Waals surface area contributed by atoms with Crippen molar-refractivity contribution in [2.75, 3.05) is 5.75 Å². The van der Waals surface area contributed by atoms with E-state index < -0.39 is 11.4 Å². The van der Waals surface area contributed by atoms with Gasteiger partial charge in [0.15, 0.2) is 0 Å². The molecule has 1 atom stereocenters. The molecular formula is C13H11NO3S. The van der Waals surface area contributed by atoms with E-state index in [2.05, 4.69) is 0 Å². The van der Waals surface area contributed by atoms with Gasteiger partial charge in [0.2, 0.25) is 5.43 Å². The van der Waals surface area contributed by atoms with Gasteiger partial charge in [-0.2, -0.15) is 0 Å². The summed E-state index contributed by atoms with van der Waals surface area (Å²) in [6.07, 6.45) is 1.47. The highest BCUT2D eigenvalue weighted by molar-refractivity contribution is 7.99. The Morgan fingerprint density at radius 2 is 2.28 bits per heavy atom. The Labute approximate surface area is 107 Å². The molecule has 0 spiro atoms. The van der Waals surface area contributed by atoms with E-state index in [-0.39, 0.29) is 11.6 Å². The van der Waals surface area contributed by atoms with Crippen molar-refractivity contribution in [2.24, 2.45) is 0 Å². The zero-order chi connectivity index (χ0) is 12.9. The molecule has 2 heterocycles. The number of aromatic carboxylic acids is 1. The van der Waals surface area contributed by atoms with Crippen molar-refractivity contribution < 1.29 is 9.90 Å². The number of rotatable bonds is 1. The summed E-state index contributed by atoms with van der Waals surface area (Å²) in [4.78, 5) is 24.3.